The van der Waals surface area contributed by atoms with Crippen molar-refractivity contribution in [3.8, 4) is 0 Å². The molecule has 2 aliphatic rings. The Kier molecular flexibility index (Phi) is 3.24. The highest BCUT2D eigenvalue weighted by molar-refractivity contribution is 7.71. The predicted octanol–water partition coefficient (Wildman–Crippen LogP) is 3.82. The van der Waals surface area contributed by atoms with Gasteiger partial charge in [0.25, 0.3) is 0 Å². The fraction of sp³-hybridized carbons (Fsp3) is 0.714. The third-order valence-corrected chi connectivity index (χ3v) is 4.75. The molecule has 2 fully saturated rings. The molecule has 0 aliphatic heterocycles. The van der Waals surface area contributed by atoms with Crippen LogP contribution >= 0.6 is 12.2 Å². The zero-order valence-electron chi connectivity index (χ0n) is 10.9. The van der Waals surface area contributed by atoms with E-state index < -0.39 is 0 Å². The SMILES string of the molecule is COC1(c2nc(=S)cc(C3CCCC3)[nH]2)CCC1. The minimum Gasteiger partial charge on any atom is -0.370 e. The Hall–Kier alpha value is -0.740. The summed E-state index contributed by atoms with van der Waals surface area (Å²) in [6.07, 6.45) is 8.52. The number of aromatic nitrogens is 2. The minimum absolute atomic E-state index is 0.192. The van der Waals surface area contributed by atoms with Crippen molar-refractivity contribution < 1.29 is 4.74 Å². The summed E-state index contributed by atoms with van der Waals surface area (Å²) in [7, 11) is 1.78. The van der Waals surface area contributed by atoms with Crippen LogP contribution in [0.4, 0.5) is 0 Å². The number of nitrogens with one attached hydrogen (secondary N) is 1. The van der Waals surface area contributed by atoms with Crippen molar-refractivity contribution in [2.45, 2.75) is 56.5 Å². The molecule has 4 heteroatoms. The van der Waals surface area contributed by atoms with Crippen molar-refractivity contribution in [1.29, 1.82) is 0 Å². The number of H-pyrrole nitrogens is 1. The molecule has 1 aromatic rings. The van der Waals surface area contributed by atoms with E-state index in [1.54, 1.807) is 7.11 Å². The number of aromatic amines is 1. The zero-order valence-corrected chi connectivity index (χ0v) is 11.7. The van der Waals surface area contributed by atoms with Crippen LogP contribution in [-0.2, 0) is 10.3 Å². The highest BCUT2D eigenvalue weighted by Crippen LogP contribution is 2.43. The molecule has 0 unspecified atom stereocenters. The van der Waals surface area contributed by atoms with E-state index in [1.165, 1.54) is 37.8 Å². The molecule has 18 heavy (non-hydrogen) atoms. The maximum absolute atomic E-state index is 5.69. The lowest BCUT2D eigenvalue weighted by Crippen LogP contribution is -2.38. The minimum atomic E-state index is -0.192. The molecule has 3 nitrogen and oxygen atoms in total. The molecule has 0 aromatic carbocycles. The summed E-state index contributed by atoms with van der Waals surface area (Å²) in [6, 6.07) is 2.04. The molecular weight excluding hydrogens is 244 g/mol. The molecule has 3 rings (SSSR count). The second kappa shape index (κ2) is 4.74. The van der Waals surface area contributed by atoms with Gasteiger partial charge in [0.2, 0.25) is 0 Å². The summed E-state index contributed by atoms with van der Waals surface area (Å²) in [6.45, 7) is 0. The first-order chi connectivity index (χ1) is 8.73. The molecule has 0 atom stereocenters. The molecule has 1 heterocycles. The van der Waals surface area contributed by atoms with E-state index in [2.05, 4.69) is 9.97 Å². The van der Waals surface area contributed by atoms with Crippen LogP contribution in [-0.4, -0.2) is 17.1 Å². The quantitative estimate of drug-likeness (QED) is 0.843. The van der Waals surface area contributed by atoms with Gasteiger partial charge >= 0.3 is 0 Å². The Morgan fingerprint density at radius 1 is 1.33 bits per heavy atom. The van der Waals surface area contributed by atoms with E-state index in [0.29, 0.717) is 10.6 Å². The number of nitrogens with zero attached hydrogens (tertiary/aromatic N) is 1. The Bertz CT molecular complexity index is 481. The normalized spacial score (nSPS) is 22.9. The van der Waals surface area contributed by atoms with E-state index in [1.807, 2.05) is 6.07 Å². The summed E-state index contributed by atoms with van der Waals surface area (Å²) >= 11 is 5.32. The summed E-state index contributed by atoms with van der Waals surface area (Å²) in [5, 5.41) is 0. The van der Waals surface area contributed by atoms with Crippen molar-refractivity contribution in [3.05, 3.63) is 22.2 Å². The Morgan fingerprint density at radius 2 is 2.06 bits per heavy atom. The van der Waals surface area contributed by atoms with Crippen molar-refractivity contribution in [1.82, 2.24) is 9.97 Å². The van der Waals surface area contributed by atoms with Crippen molar-refractivity contribution >= 4 is 12.2 Å². The van der Waals surface area contributed by atoms with Gasteiger partial charge in [-0.1, -0.05) is 25.1 Å². The van der Waals surface area contributed by atoms with Gasteiger partial charge in [0.1, 0.15) is 16.1 Å². The van der Waals surface area contributed by atoms with Crippen LogP contribution in [0.1, 0.15) is 62.4 Å². The number of hydrogen-bond acceptors (Lipinski definition) is 3. The number of methoxy groups -OCH3 is 1. The first-order valence-corrected chi connectivity index (χ1v) is 7.31. The van der Waals surface area contributed by atoms with Gasteiger partial charge in [-0.25, -0.2) is 4.98 Å². The molecule has 98 valence electrons. The topological polar surface area (TPSA) is 37.9 Å². The van der Waals surface area contributed by atoms with Gasteiger partial charge in [-0.2, -0.15) is 0 Å². The lowest BCUT2D eigenvalue weighted by Gasteiger charge is -2.39. The van der Waals surface area contributed by atoms with Crippen LogP contribution in [0.5, 0.6) is 0 Å². The van der Waals surface area contributed by atoms with E-state index in [9.17, 15) is 0 Å². The zero-order chi connectivity index (χ0) is 12.6. The fourth-order valence-corrected chi connectivity index (χ4v) is 3.40. The first kappa shape index (κ1) is 12.3. The first-order valence-electron chi connectivity index (χ1n) is 6.90. The van der Waals surface area contributed by atoms with Crippen molar-refractivity contribution in [2.24, 2.45) is 0 Å². The summed E-state index contributed by atoms with van der Waals surface area (Å²) < 4.78 is 6.40. The molecule has 0 bridgehead atoms. The van der Waals surface area contributed by atoms with Gasteiger partial charge in [0.05, 0.1) is 0 Å². The predicted molar refractivity (Wildman–Crippen MR) is 73.2 cm³/mol. The van der Waals surface area contributed by atoms with Crippen molar-refractivity contribution in [2.75, 3.05) is 7.11 Å². The van der Waals surface area contributed by atoms with Crippen molar-refractivity contribution in [3.63, 3.8) is 0 Å². The molecule has 1 aromatic heterocycles. The van der Waals surface area contributed by atoms with E-state index in [0.717, 1.165) is 18.7 Å². The average Bonchev–Trinajstić information content (AvgIpc) is 2.81. The van der Waals surface area contributed by atoms with Crippen LogP contribution < -0.4 is 0 Å². The van der Waals surface area contributed by atoms with E-state index in [-0.39, 0.29) is 5.60 Å². The third kappa shape index (κ3) is 2.01. The second-order valence-corrected chi connectivity index (χ2v) is 5.97. The monoisotopic (exact) mass is 264 g/mol. The van der Waals surface area contributed by atoms with Crippen LogP contribution in [0.15, 0.2) is 6.07 Å². The average molecular weight is 264 g/mol. The van der Waals surface area contributed by atoms with Crippen LogP contribution in [0, 0.1) is 4.64 Å². The summed E-state index contributed by atoms with van der Waals surface area (Å²) in [5.41, 5.74) is 1.08. The van der Waals surface area contributed by atoms with Crippen LogP contribution in [0.2, 0.25) is 0 Å². The van der Waals surface area contributed by atoms with Gasteiger partial charge in [0.15, 0.2) is 0 Å². The Morgan fingerprint density at radius 3 is 2.61 bits per heavy atom. The van der Waals surface area contributed by atoms with Gasteiger partial charge < -0.3 is 9.72 Å². The van der Waals surface area contributed by atoms with Gasteiger partial charge in [-0.15, -0.1) is 0 Å². The second-order valence-electron chi connectivity index (χ2n) is 5.56. The fourth-order valence-electron chi connectivity index (χ4n) is 3.18. The molecular formula is C14H20N2OS. The largest absolute Gasteiger partial charge is 0.370 e. The van der Waals surface area contributed by atoms with E-state index >= 15 is 0 Å². The highest BCUT2D eigenvalue weighted by atomic mass is 32.1. The lowest BCUT2D eigenvalue weighted by atomic mass is 9.79. The molecule has 2 aliphatic carbocycles. The third-order valence-electron chi connectivity index (χ3n) is 4.54. The summed E-state index contributed by atoms with van der Waals surface area (Å²) in [4.78, 5) is 8.02. The number of hydrogen-bond donors (Lipinski definition) is 1. The van der Waals surface area contributed by atoms with E-state index in [4.69, 9.17) is 17.0 Å². The molecule has 0 amide bonds. The highest BCUT2D eigenvalue weighted by Gasteiger charge is 2.41. The van der Waals surface area contributed by atoms with Gasteiger partial charge in [0, 0.05) is 12.8 Å². The summed E-state index contributed by atoms with van der Waals surface area (Å²) in [5.74, 6) is 1.59. The van der Waals surface area contributed by atoms with Gasteiger partial charge in [-0.3, -0.25) is 0 Å². The molecule has 0 spiro atoms. The van der Waals surface area contributed by atoms with Crippen LogP contribution in [0.25, 0.3) is 0 Å². The van der Waals surface area contributed by atoms with Crippen LogP contribution in [0.3, 0.4) is 0 Å². The maximum atomic E-state index is 5.69. The standard InChI is InChI=1S/C14H20N2OS/c1-17-14(7-4-8-14)13-15-11(9-12(18)16-13)10-5-2-3-6-10/h9-10H,2-8H2,1H3,(H,15,16,18). The number of rotatable bonds is 3. The maximum Gasteiger partial charge on any atom is 0.140 e. The molecule has 2 saturated carbocycles. The molecule has 1 N–H and O–H groups in total. The number of ether oxygens (including phenoxy) is 1. The smallest absolute Gasteiger partial charge is 0.140 e. The Balaban J connectivity index is 1.97. The molecule has 0 radical (unpaired) electrons. The Labute approximate surface area is 113 Å². The lowest BCUT2D eigenvalue weighted by molar-refractivity contribution is -0.0849. The molecule has 0 saturated heterocycles. The van der Waals surface area contributed by atoms with Gasteiger partial charge in [-0.05, 0) is 44.1 Å².